The van der Waals surface area contributed by atoms with E-state index in [1.807, 2.05) is 6.92 Å². The van der Waals surface area contributed by atoms with Crippen LogP contribution in [0.1, 0.15) is 46.5 Å². The average molecular weight is 483 g/mol. The summed E-state index contributed by atoms with van der Waals surface area (Å²) in [5, 5.41) is 0. The number of rotatable bonds is 4. The molecular weight excluding hydrogens is 452 g/mol. The lowest BCUT2D eigenvalue weighted by Gasteiger charge is -2.45. The van der Waals surface area contributed by atoms with Gasteiger partial charge in [-0.2, -0.15) is 8.42 Å². The van der Waals surface area contributed by atoms with Crippen molar-refractivity contribution >= 4 is 28.0 Å². The maximum Gasteiger partial charge on any atom is 0.317 e. The predicted octanol–water partition coefficient (Wildman–Crippen LogP) is 1.75. The van der Waals surface area contributed by atoms with Crippen LogP contribution in [0.2, 0.25) is 0 Å². The molecule has 3 saturated carbocycles. The van der Waals surface area contributed by atoms with Gasteiger partial charge in [0.25, 0.3) is 10.1 Å². The molecule has 1 heterocycles. The molecule has 10 heteroatoms. The van der Waals surface area contributed by atoms with E-state index in [0.717, 1.165) is 6.26 Å². The van der Waals surface area contributed by atoms with E-state index >= 15 is 0 Å². The van der Waals surface area contributed by atoms with Crippen LogP contribution in [0, 0.1) is 34.0 Å². The van der Waals surface area contributed by atoms with Crippen molar-refractivity contribution in [2.75, 3.05) is 13.4 Å². The molecular formula is C23H30O9S. The third kappa shape index (κ3) is 2.73. The van der Waals surface area contributed by atoms with E-state index in [4.69, 9.17) is 18.4 Å². The lowest BCUT2D eigenvalue weighted by Crippen LogP contribution is -2.52. The Kier molecular flexibility index (Phi) is 4.56. The first kappa shape index (κ1) is 22.8. The van der Waals surface area contributed by atoms with E-state index < -0.39 is 73.9 Å². The molecule has 4 fully saturated rings. The van der Waals surface area contributed by atoms with Gasteiger partial charge < -0.3 is 14.2 Å². The molecule has 5 aliphatic rings. The monoisotopic (exact) mass is 482 g/mol. The first-order valence-electron chi connectivity index (χ1n) is 11.3. The van der Waals surface area contributed by atoms with Gasteiger partial charge in [-0.15, -0.1) is 0 Å². The smallest absolute Gasteiger partial charge is 0.317 e. The second-order valence-corrected chi connectivity index (χ2v) is 12.6. The number of ether oxygens (including phenoxy) is 3. The van der Waals surface area contributed by atoms with Crippen molar-refractivity contribution in [3.8, 4) is 0 Å². The molecule has 1 spiro atoms. The first-order chi connectivity index (χ1) is 15.2. The van der Waals surface area contributed by atoms with Gasteiger partial charge in [-0.05, 0) is 55.6 Å². The van der Waals surface area contributed by atoms with Crippen molar-refractivity contribution in [2.45, 2.75) is 64.3 Å². The zero-order valence-electron chi connectivity index (χ0n) is 19.5. The molecule has 0 amide bonds. The molecule has 0 unspecified atom stereocenters. The summed E-state index contributed by atoms with van der Waals surface area (Å²) in [6, 6.07) is 0. The lowest BCUT2D eigenvalue weighted by atomic mass is 9.60. The predicted molar refractivity (Wildman–Crippen MR) is 113 cm³/mol. The fraction of sp³-hybridized carbons (Fsp3) is 0.783. The summed E-state index contributed by atoms with van der Waals surface area (Å²) < 4.78 is 46.6. The summed E-state index contributed by atoms with van der Waals surface area (Å²) in [5.41, 5.74) is -3.42. The largest absolute Gasteiger partial charge is 0.469 e. The molecule has 0 aromatic carbocycles. The Morgan fingerprint density at radius 1 is 1.24 bits per heavy atom. The van der Waals surface area contributed by atoms with Crippen molar-refractivity contribution in [3.63, 3.8) is 0 Å². The summed E-state index contributed by atoms with van der Waals surface area (Å²) >= 11 is 0. The van der Waals surface area contributed by atoms with Crippen molar-refractivity contribution < 1.29 is 41.2 Å². The van der Waals surface area contributed by atoms with Gasteiger partial charge in [-0.25, -0.2) is 0 Å². The quantitative estimate of drug-likeness (QED) is 0.255. The minimum absolute atomic E-state index is 0.208. The van der Waals surface area contributed by atoms with Gasteiger partial charge in [-0.1, -0.05) is 6.92 Å². The second-order valence-electron chi connectivity index (χ2n) is 11.0. The number of carbonyl (C=O) groups excluding carboxylic acids is 3. The molecule has 9 atom stereocenters. The van der Waals surface area contributed by atoms with E-state index in [0.29, 0.717) is 25.7 Å². The van der Waals surface area contributed by atoms with E-state index in [-0.39, 0.29) is 5.92 Å². The number of hydrogen-bond acceptors (Lipinski definition) is 9. The topological polar surface area (TPSA) is 122 Å². The summed E-state index contributed by atoms with van der Waals surface area (Å²) in [6.45, 7) is 4.98. The minimum atomic E-state index is -3.71. The third-order valence-corrected chi connectivity index (χ3v) is 9.86. The molecule has 0 aromatic heterocycles. The Morgan fingerprint density at radius 3 is 2.55 bits per heavy atom. The lowest BCUT2D eigenvalue weighted by molar-refractivity contribution is -0.167. The standard InChI is InChI=1S/C23H30O9S/c1-12(24)30-14-7-9-23-13-6-8-20(2)11-22(13,10-15(20)32-33(5,27)28)16(18(25)29-4)17(23)21(14,3)19(26)31-23/h7,9,13-17H,6,8,10-11H2,1-5H3/t13-,14+,15-,16-,17-,20+,21-,22-,23-/m1/s1. The highest BCUT2D eigenvalue weighted by molar-refractivity contribution is 7.86. The Labute approximate surface area is 193 Å². The molecule has 1 saturated heterocycles. The number of hydrogen-bond donors (Lipinski definition) is 0. The summed E-state index contributed by atoms with van der Waals surface area (Å²) in [5.74, 6) is -3.04. The second kappa shape index (κ2) is 6.59. The molecule has 0 N–H and O–H groups in total. The van der Waals surface area contributed by atoms with Crippen LogP contribution in [-0.4, -0.2) is 57.5 Å². The van der Waals surface area contributed by atoms with Crippen LogP contribution < -0.4 is 0 Å². The number of methoxy groups -OCH3 is 1. The summed E-state index contributed by atoms with van der Waals surface area (Å²) in [6.07, 6.45) is 5.33. The van der Waals surface area contributed by atoms with Crippen molar-refractivity contribution in [2.24, 2.45) is 34.0 Å². The van der Waals surface area contributed by atoms with Crippen molar-refractivity contribution in [1.29, 1.82) is 0 Å². The zero-order valence-corrected chi connectivity index (χ0v) is 20.3. The number of carbonyl (C=O) groups is 3. The van der Waals surface area contributed by atoms with E-state index in [1.165, 1.54) is 14.0 Å². The van der Waals surface area contributed by atoms with Crippen LogP contribution >= 0.6 is 0 Å². The first-order valence-corrected chi connectivity index (χ1v) is 13.1. The molecule has 4 bridgehead atoms. The highest BCUT2D eigenvalue weighted by Crippen LogP contribution is 2.78. The molecule has 5 rings (SSSR count). The van der Waals surface area contributed by atoms with Crippen molar-refractivity contribution in [3.05, 3.63) is 12.2 Å². The van der Waals surface area contributed by atoms with Gasteiger partial charge in [0, 0.05) is 18.8 Å². The average Bonchev–Trinajstić information content (AvgIpc) is 3.12. The SMILES string of the molecule is COC(=O)[C@H]1[C@H]2[C@@]3(C=C[C@H](OC(C)=O)[C@@]2(C)C(=O)O3)[C@@H]2CC[C@@]3(C)C[C@]21C[C@H]3OS(C)(=O)=O. The molecule has 182 valence electrons. The van der Waals surface area contributed by atoms with Gasteiger partial charge in [0.1, 0.15) is 17.1 Å². The van der Waals surface area contributed by atoms with Gasteiger partial charge in [0.15, 0.2) is 0 Å². The van der Waals surface area contributed by atoms with Crippen LogP contribution in [0.3, 0.4) is 0 Å². The molecule has 0 radical (unpaired) electrons. The van der Waals surface area contributed by atoms with Crippen LogP contribution in [0.4, 0.5) is 0 Å². The maximum atomic E-state index is 13.4. The molecule has 1 aliphatic heterocycles. The van der Waals surface area contributed by atoms with Gasteiger partial charge in [-0.3, -0.25) is 18.6 Å². The Morgan fingerprint density at radius 2 is 1.94 bits per heavy atom. The Balaban J connectivity index is 1.68. The van der Waals surface area contributed by atoms with Crippen molar-refractivity contribution in [1.82, 2.24) is 0 Å². The highest BCUT2D eigenvalue weighted by atomic mass is 32.2. The molecule has 0 aromatic rings. The van der Waals surface area contributed by atoms with Crippen LogP contribution in [0.25, 0.3) is 0 Å². The van der Waals surface area contributed by atoms with Crippen LogP contribution in [-0.2, 0) is 42.9 Å². The normalized spacial score (nSPS) is 49.2. The number of esters is 3. The van der Waals surface area contributed by atoms with Gasteiger partial charge >= 0.3 is 17.9 Å². The van der Waals surface area contributed by atoms with Gasteiger partial charge in [0.05, 0.1) is 25.4 Å². The summed E-state index contributed by atoms with van der Waals surface area (Å²) in [4.78, 5) is 38.6. The number of fused-ring (bicyclic) bond motifs is 1. The van der Waals surface area contributed by atoms with E-state index in [2.05, 4.69) is 0 Å². The van der Waals surface area contributed by atoms with Gasteiger partial charge in [0.2, 0.25) is 0 Å². The Hall–Kier alpha value is -1.94. The minimum Gasteiger partial charge on any atom is -0.469 e. The van der Waals surface area contributed by atoms with Crippen LogP contribution in [0.5, 0.6) is 0 Å². The molecule has 4 aliphatic carbocycles. The Bertz CT molecular complexity index is 1080. The van der Waals surface area contributed by atoms with Crippen LogP contribution in [0.15, 0.2) is 12.2 Å². The molecule has 9 nitrogen and oxygen atoms in total. The fourth-order valence-corrected chi connectivity index (χ4v) is 9.00. The van der Waals surface area contributed by atoms with E-state index in [1.54, 1.807) is 19.1 Å². The summed E-state index contributed by atoms with van der Waals surface area (Å²) in [7, 11) is -2.40. The maximum absolute atomic E-state index is 13.4. The fourth-order valence-electron chi connectivity index (χ4n) is 8.27. The zero-order chi connectivity index (χ0) is 24.2. The highest BCUT2D eigenvalue weighted by Gasteiger charge is 2.84. The third-order valence-electron chi connectivity index (χ3n) is 9.27. The molecule has 33 heavy (non-hydrogen) atoms. The van der Waals surface area contributed by atoms with E-state index in [9.17, 15) is 22.8 Å².